The van der Waals surface area contributed by atoms with Gasteiger partial charge >= 0.3 is 6.09 Å². The molecule has 4 nitrogen and oxygen atoms in total. The van der Waals surface area contributed by atoms with E-state index in [1.165, 1.54) is 11.9 Å². The summed E-state index contributed by atoms with van der Waals surface area (Å²) >= 11 is 0. The van der Waals surface area contributed by atoms with Crippen LogP contribution in [0.2, 0.25) is 0 Å². The summed E-state index contributed by atoms with van der Waals surface area (Å²) in [6, 6.07) is 7.57. The molecule has 0 saturated heterocycles. The van der Waals surface area contributed by atoms with Crippen LogP contribution < -0.4 is 0 Å². The third-order valence-corrected chi connectivity index (χ3v) is 2.17. The molecule has 15 heavy (non-hydrogen) atoms. The van der Waals surface area contributed by atoms with Crippen molar-refractivity contribution in [3.8, 4) is 0 Å². The van der Waals surface area contributed by atoms with Gasteiger partial charge in [-0.2, -0.15) is 0 Å². The van der Waals surface area contributed by atoms with E-state index in [2.05, 4.69) is 0 Å². The number of aliphatic hydroxyl groups is 1. The van der Waals surface area contributed by atoms with Crippen LogP contribution in [0.4, 0.5) is 4.79 Å². The molecule has 82 valence electrons. The Morgan fingerprint density at radius 2 is 1.80 bits per heavy atom. The molecule has 0 aliphatic rings. The summed E-state index contributed by atoms with van der Waals surface area (Å²) in [6.45, 7) is 0.517. The molecule has 0 bridgehead atoms. The quantitative estimate of drug-likeness (QED) is 0.786. The van der Waals surface area contributed by atoms with Crippen molar-refractivity contribution in [2.24, 2.45) is 0 Å². The fourth-order valence-electron chi connectivity index (χ4n) is 1.28. The van der Waals surface area contributed by atoms with Gasteiger partial charge < -0.3 is 15.1 Å². The van der Waals surface area contributed by atoms with E-state index >= 15 is 0 Å². The van der Waals surface area contributed by atoms with Crippen molar-refractivity contribution >= 4 is 6.09 Å². The van der Waals surface area contributed by atoms with Crippen molar-refractivity contribution in [3.63, 3.8) is 0 Å². The molecule has 0 aliphatic carbocycles. The summed E-state index contributed by atoms with van der Waals surface area (Å²) in [6.07, 6.45) is -0.302. The Morgan fingerprint density at radius 3 is 2.27 bits per heavy atom. The Hall–Kier alpha value is -1.55. The third-order valence-electron chi connectivity index (χ3n) is 2.17. The van der Waals surface area contributed by atoms with Gasteiger partial charge in [-0.1, -0.05) is 24.3 Å². The van der Waals surface area contributed by atoms with Crippen LogP contribution >= 0.6 is 0 Å². The van der Waals surface area contributed by atoms with Crippen LogP contribution in [0.25, 0.3) is 0 Å². The molecule has 0 saturated carbocycles. The first-order valence-electron chi connectivity index (χ1n) is 4.76. The zero-order valence-corrected chi connectivity index (χ0v) is 8.68. The Balaban J connectivity index is 2.60. The molecular weight excluding hydrogens is 194 g/mol. The highest BCUT2D eigenvalue weighted by atomic mass is 16.4. The number of aliphatic hydroxyl groups excluding tert-OH is 1. The smallest absolute Gasteiger partial charge is 0.407 e. The molecule has 0 atom stereocenters. The Bertz CT molecular complexity index is 321. The Labute approximate surface area is 88.8 Å². The normalized spacial score (nSPS) is 10.0. The van der Waals surface area contributed by atoms with E-state index in [0.717, 1.165) is 11.1 Å². The van der Waals surface area contributed by atoms with Crippen LogP contribution in [0.15, 0.2) is 24.3 Å². The number of nitrogens with zero attached hydrogens (tertiary/aromatic N) is 1. The zero-order chi connectivity index (χ0) is 11.3. The maximum Gasteiger partial charge on any atom is 0.407 e. The van der Waals surface area contributed by atoms with Crippen LogP contribution in [0.1, 0.15) is 11.1 Å². The van der Waals surface area contributed by atoms with Gasteiger partial charge in [0.25, 0.3) is 0 Å². The number of rotatable bonds is 4. The van der Waals surface area contributed by atoms with Gasteiger partial charge in [-0.3, -0.25) is 0 Å². The second kappa shape index (κ2) is 5.36. The minimum atomic E-state index is -0.936. The largest absolute Gasteiger partial charge is 0.465 e. The van der Waals surface area contributed by atoms with Gasteiger partial charge in [0.15, 0.2) is 0 Å². The highest BCUT2D eigenvalue weighted by Crippen LogP contribution is 2.07. The van der Waals surface area contributed by atoms with Crippen molar-refractivity contribution in [2.45, 2.75) is 13.0 Å². The molecule has 0 aliphatic heterocycles. The first-order valence-corrected chi connectivity index (χ1v) is 4.76. The van der Waals surface area contributed by atoms with Gasteiger partial charge in [0.05, 0.1) is 0 Å². The Morgan fingerprint density at radius 1 is 1.27 bits per heavy atom. The molecule has 1 aromatic rings. The molecule has 1 rings (SSSR count). The number of carboxylic acid groups (broad SMARTS) is 1. The molecule has 0 aromatic heterocycles. The lowest BCUT2D eigenvalue weighted by atomic mass is 10.1. The molecule has 0 spiro atoms. The van der Waals surface area contributed by atoms with Crippen molar-refractivity contribution in [1.29, 1.82) is 0 Å². The van der Waals surface area contributed by atoms with E-state index in [4.69, 9.17) is 10.2 Å². The number of hydrogen-bond acceptors (Lipinski definition) is 2. The first kappa shape index (κ1) is 11.5. The minimum absolute atomic E-state index is 0.133. The van der Waals surface area contributed by atoms with E-state index in [-0.39, 0.29) is 6.61 Å². The molecule has 1 aromatic carbocycles. The fraction of sp³-hybridized carbons (Fsp3) is 0.364. The maximum atomic E-state index is 10.6. The molecule has 1 amide bonds. The predicted octanol–water partition coefficient (Wildman–Crippen LogP) is 1.33. The highest BCUT2D eigenvalue weighted by molar-refractivity contribution is 5.64. The third kappa shape index (κ3) is 3.59. The summed E-state index contributed by atoms with van der Waals surface area (Å²) in [5, 5.41) is 17.4. The molecule has 0 fully saturated rings. The average molecular weight is 209 g/mol. The van der Waals surface area contributed by atoms with Crippen LogP contribution in [-0.4, -0.2) is 34.9 Å². The highest BCUT2D eigenvalue weighted by Gasteiger charge is 2.05. The van der Waals surface area contributed by atoms with Gasteiger partial charge in [-0.25, -0.2) is 4.79 Å². The summed E-state index contributed by atoms with van der Waals surface area (Å²) < 4.78 is 0. The second-order valence-corrected chi connectivity index (χ2v) is 3.43. The lowest BCUT2D eigenvalue weighted by Gasteiger charge is -2.12. The van der Waals surface area contributed by atoms with E-state index in [9.17, 15) is 4.79 Å². The number of hydrogen-bond donors (Lipinski definition) is 2. The van der Waals surface area contributed by atoms with E-state index in [0.29, 0.717) is 13.0 Å². The van der Waals surface area contributed by atoms with Gasteiger partial charge in [0.1, 0.15) is 0 Å². The first-order chi connectivity index (χ1) is 7.13. The topological polar surface area (TPSA) is 60.8 Å². The lowest BCUT2D eigenvalue weighted by Crippen LogP contribution is -2.23. The lowest BCUT2D eigenvalue weighted by molar-refractivity contribution is 0.154. The molecule has 4 heteroatoms. The number of carbonyl (C=O) groups is 1. The molecule has 0 radical (unpaired) electrons. The molecule has 0 unspecified atom stereocenters. The van der Waals surface area contributed by atoms with E-state index in [1.807, 2.05) is 24.3 Å². The van der Waals surface area contributed by atoms with Crippen LogP contribution in [0.5, 0.6) is 0 Å². The van der Waals surface area contributed by atoms with Gasteiger partial charge in [-0.15, -0.1) is 0 Å². The van der Waals surface area contributed by atoms with Crippen LogP contribution in [0, 0.1) is 0 Å². The average Bonchev–Trinajstić information content (AvgIpc) is 2.21. The Kier molecular flexibility index (Phi) is 4.12. The standard InChI is InChI=1S/C11H15NO3/c1-12(11(14)15)8-10-4-2-9(3-5-10)6-7-13/h2-5,13H,6-8H2,1H3,(H,14,15). The van der Waals surface area contributed by atoms with E-state index < -0.39 is 6.09 Å². The van der Waals surface area contributed by atoms with Crippen LogP contribution in [0.3, 0.4) is 0 Å². The molecular formula is C11H15NO3. The summed E-state index contributed by atoms with van der Waals surface area (Å²) in [5.41, 5.74) is 2.00. The SMILES string of the molecule is CN(Cc1ccc(CCO)cc1)C(=O)O. The van der Waals surface area contributed by atoms with Gasteiger partial charge in [-0.05, 0) is 17.5 Å². The van der Waals surface area contributed by atoms with E-state index in [1.54, 1.807) is 0 Å². The minimum Gasteiger partial charge on any atom is -0.465 e. The van der Waals surface area contributed by atoms with Crippen molar-refractivity contribution < 1.29 is 15.0 Å². The maximum absolute atomic E-state index is 10.6. The summed E-state index contributed by atoms with van der Waals surface area (Å²) in [4.78, 5) is 11.8. The molecule has 2 N–H and O–H groups in total. The van der Waals surface area contributed by atoms with Crippen LogP contribution in [-0.2, 0) is 13.0 Å². The van der Waals surface area contributed by atoms with Crippen molar-refractivity contribution in [1.82, 2.24) is 4.90 Å². The number of amides is 1. The number of benzene rings is 1. The summed E-state index contributed by atoms with van der Waals surface area (Å²) in [7, 11) is 1.53. The summed E-state index contributed by atoms with van der Waals surface area (Å²) in [5.74, 6) is 0. The zero-order valence-electron chi connectivity index (χ0n) is 8.68. The van der Waals surface area contributed by atoms with Crippen molar-refractivity contribution in [2.75, 3.05) is 13.7 Å². The fourth-order valence-corrected chi connectivity index (χ4v) is 1.28. The predicted molar refractivity (Wildman–Crippen MR) is 56.7 cm³/mol. The van der Waals surface area contributed by atoms with Gasteiger partial charge in [0.2, 0.25) is 0 Å². The monoisotopic (exact) mass is 209 g/mol. The second-order valence-electron chi connectivity index (χ2n) is 3.43. The molecule has 0 heterocycles. The van der Waals surface area contributed by atoms with Crippen molar-refractivity contribution in [3.05, 3.63) is 35.4 Å². The van der Waals surface area contributed by atoms with Gasteiger partial charge in [0, 0.05) is 20.2 Å².